The van der Waals surface area contributed by atoms with Crippen LogP contribution < -0.4 is 0 Å². The van der Waals surface area contributed by atoms with Crippen molar-refractivity contribution < 1.29 is 13.2 Å². The first kappa shape index (κ1) is 14.2. The average Bonchev–Trinajstić information content (AvgIpc) is 2.85. The Bertz CT molecular complexity index is 586. The van der Waals surface area contributed by atoms with Gasteiger partial charge >= 0.3 is 0 Å². The number of piperazine rings is 1. The molecule has 1 aromatic rings. The molecule has 0 bridgehead atoms. The SMILES string of the molecule is C=CC(=O)N1CCN(S(=O)(=O)c2csc(C)n2)CC1. The molecule has 0 spiro atoms. The van der Waals surface area contributed by atoms with Gasteiger partial charge in [0.15, 0.2) is 5.03 Å². The van der Waals surface area contributed by atoms with Crippen LogP contribution in [-0.4, -0.2) is 54.7 Å². The molecule has 0 aliphatic carbocycles. The van der Waals surface area contributed by atoms with Crippen LogP contribution in [0.5, 0.6) is 0 Å². The van der Waals surface area contributed by atoms with Crippen LogP contribution in [0.15, 0.2) is 23.1 Å². The quantitative estimate of drug-likeness (QED) is 0.761. The van der Waals surface area contributed by atoms with Gasteiger partial charge in [0.2, 0.25) is 5.91 Å². The number of carbonyl (C=O) groups excluding carboxylic acids is 1. The van der Waals surface area contributed by atoms with Gasteiger partial charge in [-0.05, 0) is 13.0 Å². The Morgan fingerprint density at radius 3 is 2.53 bits per heavy atom. The Morgan fingerprint density at radius 2 is 2.05 bits per heavy atom. The third kappa shape index (κ3) is 2.85. The average molecular weight is 301 g/mol. The zero-order valence-corrected chi connectivity index (χ0v) is 12.2. The summed E-state index contributed by atoms with van der Waals surface area (Å²) in [5, 5.41) is 2.36. The van der Waals surface area contributed by atoms with Crippen molar-refractivity contribution in [1.82, 2.24) is 14.2 Å². The minimum absolute atomic E-state index is 0.0958. The van der Waals surface area contributed by atoms with Crippen molar-refractivity contribution in [3.8, 4) is 0 Å². The molecular formula is C11H15N3O3S2. The molecule has 1 amide bonds. The molecule has 19 heavy (non-hydrogen) atoms. The molecule has 1 fully saturated rings. The third-order valence-electron chi connectivity index (χ3n) is 2.93. The molecule has 1 saturated heterocycles. The number of rotatable bonds is 3. The van der Waals surface area contributed by atoms with Gasteiger partial charge in [0, 0.05) is 31.6 Å². The molecule has 0 N–H and O–H groups in total. The molecule has 0 radical (unpaired) electrons. The predicted molar refractivity (Wildman–Crippen MR) is 72.4 cm³/mol. The number of hydrogen-bond donors (Lipinski definition) is 0. The normalized spacial score (nSPS) is 17.4. The number of hydrogen-bond acceptors (Lipinski definition) is 5. The molecule has 0 unspecified atom stereocenters. The van der Waals surface area contributed by atoms with Crippen LogP contribution >= 0.6 is 11.3 Å². The standard InChI is InChI=1S/C11H15N3O3S2/c1-3-11(15)13-4-6-14(7-5-13)19(16,17)10-8-18-9(2)12-10/h3,8H,1,4-7H2,2H3. The fourth-order valence-electron chi connectivity index (χ4n) is 1.87. The zero-order chi connectivity index (χ0) is 14.0. The smallest absolute Gasteiger partial charge is 0.261 e. The second kappa shape index (κ2) is 5.40. The number of nitrogens with zero attached hydrogens (tertiary/aromatic N) is 3. The first-order valence-corrected chi connectivity index (χ1v) is 8.11. The number of aromatic nitrogens is 1. The van der Waals surface area contributed by atoms with Gasteiger partial charge < -0.3 is 4.90 Å². The van der Waals surface area contributed by atoms with Crippen molar-refractivity contribution in [2.45, 2.75) is 11.9 Å². The Hall–Kier alpha value is -1.25. The van der Waals surface area contributed by atoms with Crippen LogP contribution in [-0.2, 0) is 14.8 Å². The van der Waals surface area contributed by atoms with E-state index in [2.05, 4.69) is 11.6 Å². The van der Waals surface area contributed by atoms with Gasteiger partial charge in [-0.2, -0.15) is 4.31 Å². The largest absolute Gasteiger partial charge is 0.337 e. The molecule has 104 valence electrons. The number of sulfonamides is 1. The summed E-state index contributed by atoms with van der Waals surface area (Å²) >= 11 is 1.31. The predicted octanol–water partition coefficient (Wildman–Crippen LogP) is 0.470. The van der Waals surface area contributed by atoms with E-state index in [0.717, 1.165) is 5.01 Å². The van der Waals surface area contributed by atoms with E-state index >= 15 is 0 Å². The molecule has 2 rings (SSSR count). The summed E-state index contributed by atoms with van der Waals surface area (Å²) in [7, 11) is -3.53. The Labute approximate surface area is 116 Å². The van der Waals surface area contributed by atoms with E-state index in [9.17, 15) is 13.2 Å². The van der Waals surface area contributed by atoms with Crippen molar-refractivity contribution >= 4 is 27.3 Å². The van der Waals surface area contributed by atoms with Crippen molar-refractivity contribution in [2.24, 2.45) is 0 Å². The lowest BCUT2D eigenvalue weighted by Gasteiger charge is -2.32. The Balaban J connectivity index is 2.09. The van der Waals surface area contributed by atoms with E-state index in [4.69, 9.17) is 0 Å². The number of carbonyl (C=O) groups is 1. The fourth-order valence-corrected chi connectivity index (χ4v) is 4.20. The van der Waals surface area contributed by atoms with Gasteiger partial charge in [-0.25, -0.2) is 13.4 Å². The maximum absolute atomic E-state index is 12.3. The van der Waals surface area contributed by atoms with Gasteiger partial charge in [-0.1, -0.05) is 6.58 Å². The molecule has 0 saturated carbocycles. The van der Waals surface area contributed by atoms with E-state index in [1.54, 1.807) is 17.2 Å². The summed E-state index contributed by atoms with van der Waals surface area (Å²) in [6.07, 6.45) is 1.24. The van der Waals surface area contributed by atoms with Crippen molar-refractivity contribution in [2.75, 3.05) is 26.2 Å². The molecule has 6 nitrogen and oxygen atoms in total. The highest BCUT2D eigenvalue weighted by Crippen LogP contribution is 2.19. The van der Waals surface area contributed by atoms with E-state index in [1.807, 2.05) is 0 Å². The summed E-state index contributed by atoms with van der Waals surface area (Å²) in [6.45, 7) is 6.54. The van der Waals surface area contributed by atoms with Crippen LogP contribution in [0, 0.1) is 6.92 Å². The summed E-state index contributed by atoms with van der Waals surface area (Å²) in [5.41, 5.74) is 0. The van der Waals surface area contributed by atoms with Crippen LogP contribution in [0.25, 0.3) is 0 Å². The molecule has 8 heteroatoms. The Kier molecular flexibility index (Phi) is 4.02. The lowest BCUT2D eigenvalue weighted by molar-refractivity contribution is -0.127. The molecular weight excluding hydrogens is 286 g/mol. The maximum atomic E-state index is 12.3. The number of aryl methyl sites for hydroxylation is 1. The third-order valence-corrected chi connectivity index (χ3v) is 5.63. The van der Waals surface area contributed by atoms with Gasteiger partial charge in [0.1, 0.15) is 0 Å². The molecule has 1 aliphatic heterocycles. The van der Waals surface area contributed by atoms with Crippen LogP contribution in [0.2, 0.25) is 0 Å². The van der Waals surface area contributed by atoms with Crippen LogP contribution in [0.4, 0.5) is 0 Å². The van der Waals surface area contributed by atoms with Crippen LogP contribution in [0.1, 0.15) is 5.01 Å². The molecule has 2 heterocycles. The minimum Gasteiger partial charge on any atom is -0.337 e. The Morgan fingerprint density at radius 1 is 1.42 bits per heavy atom. The van der Waals surface area contributed by atoms with Gasteiger partial charge in [0.05, 0.1) is 5.01 Å². The second-order valence-electron chi connectivity index (χ2n) is 4.14. The van der Waals surface area contributed by atoms with Gasteiger partial charge in [0.25, 0.3) is 10.0 Å². The first-order valence-electron chi connectivity index (χ1n) is 5.79. The molecule has 0 aromatic carbocycles. The highest BCUT2D eigenvalue weighted by Gasteiger charge is 2.30. The number of amides is 1. The van der Waals surface area contributed by atoms with Gasteiger partial charge in [-0.3, -0.25) is 4.79 Å². The topological polar surface area (TPSA) is 70.6 Å². The summed E-state index contributed by atoms with van der Waals surface area (Å²) in [4.78, 5) is 17.0. The minimum atomic E-state index is -3.53. The summed E-state index contributed by atoms with van der Waals surface area (Å²) < 4.78 is 26.0. The van der Waals surface area contributed by atoms with Gasteiger partial charge in [-0.15, -0.1) is 11.3 Å². The van der Waals surface area contributed by atoms with E-state index in [1.165, 1.54) is 21.7 Å². The van der Waals surface area contributed by atoms with E-state index in [-0.39, 0.29) is 10.9 Å². The summed E-state index contributed by atoms with van der Waals surface area (Å²) in [5.74, 6) is -0.165. The van der Waals surface area contributed by atoms with Crippen LogP contribution in [0.3, 0.4) is 0 Å². The lowest BCUT2D eigenvalue weighted by atomic mass is 10.3. The van der Waals surface area contributed by atoms with Crippen molar-refractivity contribution in [1.29, 1.82) is 0 Å². The zero-order valence-electron chi connectivity index (χ0n) is 10.6. The second-order valence-corrected chi connectivity index (χ2v) is 7.09. The van der Waals surface area contributed by atoms with E-state index in [0.29, 0.717) is 26.2 Å². The molecule has 1 aromatic heterocycles. The first-order chi connectivity index (χ1) is 8.95. The highest BCUT2D eigenvalue weighted by molar-refractivity contribution is 7.89. The maximum Gasteiger partial charge on any atom is 0.261 e. The summed E-state index contributed by atoms with van der Waals surface area (Å²) in [6, 6.07) is 0. The number of thiazole rings is 1. The monoisotopic (exact) mass is 301 g/mol. The van der Waals surface area contributed by atoms with Crippen molar-refractivity contribution in [3.63, 3.8) is 0 Å². The van der Waals surface area contributed by atoms with Crippen molar-refractivity contribution in [3.05, 3.63) is 23.0 Å². The fraction of sp³-hybridized carbons (Fsp3) is 0.455. The molecule has 1 aliphatic rings. The highest BCUT2D eigenvalue weighted by atomic mass is 32.2. The van der Waals surface area contributed by atoms with E-state index < -0.39 is 10.0 Å². The lowest BCUT2D eigenvalue weighted by Crippen LogP contribution is -2.50. The molecule has 0 atom stereocenters.